The van der Waals surface area contributed by atoms with Crippen LogP contribution in [-0.2, 0) is 11.2 Å². The smallest absolute Gasteiger partial charge is 0.260 e. The molecule has 1 aliphatic heterocycles. The van der Waals surface area contributed by atoms with E-state index < -0.39 is 22.9 Å². The number of rotatable bonds is 7. The van der Waals surface area contributed by atoms with E-state index in [0.717, 1.165) is 35.6 Å². The van der Waals surface area contributed by atoms with Gasteiger partial charge in [-0.2, -0.15) is 0 Å². The maximum Gasteiger partial charge on any atom is 0.260 e. The zero-order valence-electron chi connectivity index (χ0n) is 21.8. The van der Waals surface area contributed by atoms with Gasteiger partial charge in [-0.3, -0.25) is 9.36 Å². The van der Waals surface area contributed by atoms with Gasteiger partial charge in [0.1, 0.15) is 11.6 Å². The van der Waals surface area contributed by atoms with Crippen molar-refractivity contribution >= 4 is 17.6 Å². The number of aromatic nitrogens is 2. The lowest BCUT2D eigenvalue weighted by Gasteiger charge is -2.42. The van der Waals surface area contributed by atoms with E-state index in [9.17, 15) is 13.6 Å². The van der Waals surface area contributed by atoms with Crippen LogP contribution in [0, 0.1) is 24.0 Å². The Bertz CT molecular complexity index is 1410. The Hall–Kier alpha value is -2.95. The average molecular weight is 543 g/mol. The first-order chi connectivity index (χ1) is 18.3. The molecule has 2 heterocycles. The van der Waals surface area contributed by atoms with E-state index in [-0.39, 0.29) is 17.1 Å². The Labute approximate surface area is 225 Å². The molecule has 1 atom stereocenters. The van der Waals surface area contributed by atoms with E-state index in [0.29, 0.717) is 31.3 Å². The molecule has 0 unspecified atom stereocenters. The Morgan fingerprint density at radius 2 is 1.92 bits per heavy atom. The van der Waals surface area contributed by atoms with Gasteiger partial charge in [0.15, 0.2) is 17.4 Å². The molecule has 1 saturated heterocycles. The van der Waals surface area contributed by atoms with Crippen LogP contribution in [0.2, 0.25) is 0 Å². The maximum atomic E-state index is 14.9. The van der Waals surface area contributed by atoms with Gasteiger partial charge in [0.05, 0.1) is 19.4 Å². The molecule has 202 valence electrons. The Morgan fingerprint density at radius 1 is 1.16 bits per heavy atom. The van der Waals surface area contributed by atoms with Crippen molar-refractivity contribution in [3.05, 3.63) is 75.3 Å². The van der Waals surface area contributed by atoms with Crippen molar-refractivity contribution in [3.63, 3.8) is 0 Å². The third-order valence-corrected chi connectivity index (χ3v) is 8.80. The highest BCUT2D eigenvalue weighted by atomic mass is 32.2. The van der Waals surface area contributed by atoms with Crippen molar-refractivity contribution in [2.24, 2.45) is 11.1 Å². The SMILES string of the molecule is COCCSc1ccc2c(c1)[C@@H](N)C1(CCN(c3cc(=O)n(-c4ccc(F)c(OC)c4F)c(C)n3)CC1)C2. The number of ether oxygens (including phenoxy) is 2. The minimum atomic E-state index is -0.942. The van der Waals surface area contributed by atoms with Crippen LogP contribution in [0.1, 0.15) is 35.8 Å². The summed E-state index contributed by atoms with van der Waals surface area (Å²) in [5, 5.41) is 0. The van der Waals surface area contributed by atoms with Gasteiger partial charge in [0.25, 0.3) is 5.56 Å². The summed E-state index contributed by atoms with van der Waals surface area (Å²) in [5.41, 5.74) is 8.83. The molecule has 1 spiro atoms. The van der Waals surface area contributed by atoms with E-state index in [4.69, 9.17) is 15.2 Å². The quantitative estimate of drug-likeness (QED) is 0.350. The van der Waals surface area contributed by atoms with E-state index in [1.54, 1.807) is 25.8 Å². The van der Waals surface area contributed by atoms with Gasteiger partial charge in [-0.05, 0) is 67.0 Å². The molecular weight excluding hydrogens is 510 g/mol. The highest BCUT2D eigenvalue weighted by Gasteiger charge is 2.46. The first kappa shape index (κ1) is 26.6. The van der Waals surface area contributed by atoms with Gasteiger partial charge in [0, 0.05) is 43.0 Å². The topological polar surface area (TPSA) is 82.6 Å². The second-order valence-corrected chi connectivity index (χ2v) is 11.1. The number of halogens is 2. The minimum Gasteiger partial charge on any atom is -0.491 e. The second kappa shape index (κ2) is 10.7. The lowest BCUT2D eigenvalue weighted by atomic mass is 9.73. The third-order valence-electron chi connectivity index (χ3n) is 7.84. The Balaban J connectivity index is 1.33. The monoisotopic (exact) mass is 542 g/mol. The van der Waals surface area contributed by atoms with Crippen LogP contribution < -0.4 is 20.9 Å². The molecule has 2 N–H and O–H groups in total. The highest BCUT2D eigenvalue weighted by molar-refractivity contribution is 7.99. The minimum absolute atomic E-state index is 0.0214. The first-order valence-electron chi connectivity index (χ1n) is 12.7. The zero-order valence-corrected chi connectivity index (χ0v) is 22.6. The first-order valence-corrected chi connectivity index (χ1v) is 13.6. The summed E-state index contributed by atoms with van der Waals surface area (Å²) >= 11 is 1.77. The van der Waals surface area contributed by atoms with Gasteiger partial charge in [0.2, 0.25) is 0 Å². The Morgan fingerprint density at radius 3 is 2.61 bits per heavy atom. The summed E-state index contributed by atoms with van der Waals surface area (Å²) in [6.07, 6.45) is 2.70. The van der Waals surface area contributed by atoms with E-state index >= 15 is 0 Å². The fourth-order valence-corrected chi connectivity index (χ4v) is 6.62. The van der Waals surface area contributed by atoms with Crippen LogP contribution >= 0.6 is 11.8 Å². The van der Waals surface area contributed by atoms with Crippen molar-refractivity contribution < 1.29 is 18.3 Å². The molecule has 2 aromatic carbocycles. The summed E-state index contributed by atoms with van der Waals surface area (Å²) in [4.78, 5) is 21.0. The van der Waals surface area contributed by atoms with E-state index in [2.05, 4.69) is 28.1 Å². The molecule has 1 aliphatic carbocycles. The molecule has 7 nitrogen and oxygen atoms in total. The highest BCUT2D eigenvalue weighted by Crippen LogP contribution is 2.51. The van der Waals surface area contributed by atoms with Crippen molar-refractivity contribution in [2.75, 3.05) is 44.6 Å². The molecule has 0 amide bonds. The summed E-state index contributed by atoms with van der Waals surface area (Å²) < 4.78 is 39.9. The number of hydrogen-bond acceptors (Lipinski definition) is 7. The summed E-state index contributed by atoms with van der Waals surface area (Å²) in [6.45, 7) is 3.77. The van der Waals surface area contributed by atoms with Crippen molar-refractivity contribution in [3.8, 4) is 11.4 Å². The molecule has 0 saturated carbocycles. The van der Waals surface area contributed by atoms with Gasteiger partial charge >= 0.3 is 0 Å². The third kappa shape index (κ3) is 4.69. The molecule has 2 aliphatic rings. The standard InChI is InChI=1S/C28H32F2N4O3S/c1-17-32-23(15-24(35)34(17)22-7-6-21(29)26(37-3)25(22)30)33-10-8-28(9-11-33)16-18-4-5-19(38-13-12-36-2)14-20(18)27(28)31/h4-7,14-15,27H,8-13,16,31H2,1-3H3/t27-/m1/s1. The van der Waals surface area contributed by atoms with Gasteiger partial charge in [-0.1, -0.05) is 6.07 Å². The number of nitrogens with zero attached hydrogens (tertiary/aromatic N) is 3. The van der Waals surface area contributed by atoms with Gasteiger partial charge in [-0.15, -0.1) is 11.8 Å². The molecule has 0 bridgehead atoms. The number of thioether (sulfide) groups is 1. The molecular formula is C28H32F2N4O3S. The van der Waals surface area contributed by atoms with Crippen LogP contribution in [0.3, 0.4) is 0 Å². The summed E-state index contributed by atoms with van der Waals surface area (Å²) in [7, 11) is 2.89. The van der Waals surface area contributed by atoms with Crippen molar-refractivity contribution in [1.29, 1.82) is 0 Å². The van der Waals surface area contributed by atoms with Crippen molar-refractivity contribution in [2.45, 2.75) is 37.1 Å². The fraction of sp³-hybridized carbons (Fsp3) is 0.429. The van der Waals surface area contributed by atoms with Crippen LogP contribution in [-0.4, -0.2) is 49.2 Å². The van der Waals surface area contributed by atoms with Crippen molar-refractivity contribution in [1.82, 2.24) is 9.55 Å². The number of anilines is 1. The maximum absolute atomic E-state index is 14.9. The van der Waals surface area contributed by atoms with Crippen LogP contribution in [0.25, 0.3) is 5.69 Å². The molecule has 10 heteroatoms. The number of hydrogen-bond donors (Lipinski definition) is 1. The number of fused-ring (bicyclic) bond motifs is 1. The second-order valence-electron chi connectivity index (χ2n) is 9.95. The predicted molar refractivity (Wildman–Crippen MR) is 145 cm³/mol. The van der Waals surface area contributed by atoms with Crippen LogP contribution in [0.5, 0.6) is 5.75 Å². The molecule has 0 radical (unpaired) electrons. The molecule has 38 heavy (non-hydrogen) atoms. The largest absolute Gasteiger partial charge is 0.491 e. The lowest BCUT2D eigenvalue weighted by molar-refractivity contribution is 0.187. The average Bonchev–Trinajstić information content (AvgIpc) is 3.16. The summed E-state index contributed by atoms with van der Waals surface area (Å²) in [6, 6.07) is 10.3. The zero-order chi connectivity index (χ0) is 27.0. The normalized spacial score (nSPS) is 18.2. The number of aryl methyl sites for hydroxylation is 1. The number of piperidine rings is 1. The van der Waals surface area contributed by atoms with E-state index in [1.165, 1.54) is 35.3 Å². The predicted octanol–water partition coefficient (Wildman–Crippen LogP) is 4.41. The van der Waals surface area contributed by atoms with Crippen LogP contribution in [0.4, 0.5) is 14.6 Å². The summed E-state index contributed by atoms with van der Waals surface area (Å²) in [5.74, 6) is -0.551. The van der Waals surface area contributed by atoms with E-state index in [1.807, 2.05) is 0 Å². The fourth-order valence-electron chi connectivity index (χ4n) is 5.76. The van der Waals surface area contributed by atoms with Crippen LogP contribution in [0.15, 0.2) is 46.1 Å². The number of nitrogens with two attached hydrogens (primary N) is 1. The number of benzene rings is 2. The lowest BCUT2D eigenvalue weighted by Crippen LogP contribution is -2.45. The Kier molecular flexibility index (Phi) is 7.48. The molecule has 1 fully saturated rings. The molecule has 1 aromatic heterocycles. The van der Waals surface area contributed by atoms with Gasteiger partial charge in [-0.25, -0.2) is 13.8 Å². The molecule has 3 aromatic rings. The molecule has 5 rings (SSSR count). The number of methoxy groups -OCH3 is 2. The van der Waals surface area contributed by atoms with Gasteiger partial charge < -0.3 is 20.1 Å².